The lowest BCUT2D eigenvalue weighted by Gasteiger charge is -2.15. The molecule has 7 nitrogen and oxygen atoms in total. The van der Waals surface area contributed by atoms with Crippen molar-refractivity contribution in [1.29, 1.82) is 0 Å². The van der Waals surface area contributed by atoms with Gasteiger partial charge in [0.2, 0.25) is 4.96 Å². The quantitative estimate of drug-likeness (QED) is 0.604. The highest BCUT2D eigenvalue weighted by Gasteiger charge is 2.12. The van der Waals surface area contributed by atoms with E-state index in [2.05, 4.69) is 34.0 Å². The fourth-order valence-electron chi connectivity index (χ4n) is 2.61. The van der Waals surface area contributed by atoms with E-state index in [0.29, 0.717) is 11.5 Å². The molecule has 2 heterocycles. The number of fused-ring (bicyclic) bond motifs is 1. The van der Waals surface area contributed by atoms with E-state index < -0.39 is 0 Å². The molecular formula is C18H23N5O2S. The van der Waals surface area contributed by atoms with Gasteiger partial charge in [-0.15, -0.1) is 10.2 Å². The number of hydrogen-bond acceptors (Lipinski definition) is 7. The molecule has 0 amide bonds. The average molecular weight is 373 g/mol. The molecule has 8 heteroatoms. The average Bonchev–Trinajstić information content (AvgIpc) is 3.25. The number of hydrogen-bond donors (Lipinski definition) is 0. The first-order valence-electron chi connectivity index (χ1n) is 8.52. The molecule has 3 rings (SSSR count). The van der Waals surface area contributed by atoms with E-state index >= 15 is 0 Å². The van der Waals surface area contributed by atoms with Crippen molar-refractivity contribution in [3.63, 3.8) is 0 Å². The van der Waals surface area contributed by atoms with Crippen LogP contribution in [0, 0.1) is 0 Å². The normalized spacial score (nSPS) is 11.7. The minimum absolute atomic E-state index is 0.703. The van der Waals surface area contributed by atoms with E-state index in [1.165, 1.54) is 11.3 Å². The Morgan fingerprint density at radius 3 is 2.54 bits per heavy atom. The third kappa shape index (κ3) is 3.86. The smallest absolute Gasteiger partial charge is 0.235 e. The second kappa shape index (κ2) is 8.29. The van der Waals surface area contributed by atoms with E-state index in [4.69, 9.17) is 9.47 Å². The van der Waals surface area contributed by atoms with Crippen LogP contribution in [0.3, 0.4) is 0 Å². The zero-order chi connectivity index (χ0) is 18.5. The third-order valence-corrected chi connectivity index (χ3v) is 5.02. The molecule has 0 bridgehead atoms. The predicted molar refractivity (Wildman–Crippen MR) is 104 cm³/mol. The van der Waals surface area contributed by atoms with Crippen molar-refractivity contribution < 1.29 is 9.47 Å². The Labute approximate surface area is 156 Å². The van der Waals surface area contributed by atoms with Gasteiger partial charge >= 0.3 is 0 Å². The largest absolute Gasteiger partial charge is 0.493 e. The summed E-state index contributed by atoms with van der Waals surface area (Å²) >= 11 is 1.51. The lowest BCUT2D eigenvalue weighted by atomic mass is 10.2. The molecule has 0 fully saturated rings. The maximum Gasteiger partial charge on any atom is 0.235 e. The topological polar surface area (TPSA) is 64.8 Å². The van der Waals surface area contributed by atoms with Gasteiger partial charge in [0.15, 0.2) is 17.3 Å². The van der Waals surface area contributed by atoms with Crippen molar-refractivity contribution in [3.8, 4) is 11.5 Å². The highest BCUT2D eigenvalue weighted by atomic mass is 32.1. The lowest BCUT2D eigenvalue weighted by molar-refractivity contribution is 0.286. The minimum Gasteiger partial charge on any atom is -0.493 e. The number of methoxy groups -OCH3 is 2. The Morgan fingerprint density at radius 1 is 1.08 bits per heavy atom. The third-order valence-electron chi connectivity index (χ3n) is 4.16. The highest BCUT2D eigenvalue weighted by Crippen LogP contribution is 2.28. The van der Waals surface area contributed by atoms with Gasteiger partial charge in [-0.2, -0.15) is 9.61 Å². The van der Waals surface area contributed by atoms with Crippen LogP contribution >= 0.6 is 11.3 Å². The standard InChI is InChI=1S/C18H23N5O2S/c1-5-22(6-2)12-16-19-20-18-23(16)21-17(26-18)10-8-13-7-9-14(24-3)15(11-13)25-4/h7-11H,5-6,12H2,1-4H3/b10-8+. The molecule has 0 unspecified atom stereocenters. The molecule has 1 aromatic carbocycles. The minimum atomic E-state index is 0.703. The van der Waals surface area contributed by atoms with Crippen molar-refractivity contribution in [1.82, 2.24) is 24.7 Å². The molecule has 0 aliphatic rings. The molecule has 0 atom stereocenters. The number of aromatic nitrogens is 4. The number of benzene rings is 1. The van der Waals surface area contributed by atoms with Crippen molar-refractivity contribution in [3.05, 3.63) is 34.6 Å². The Hall–Kier alpha value is -2.45. The summed E-state index contributed by atoms with van der Waals surface area (Å²) < 4.78 is 12.4. The second-order valence-electron chi connectivity index (χ2n) is 5.66. The molecule has 26 heavy (non-hydrogen) atoms. The molecule has 0 radical (unpaired) electrons. The fourth-order valence-corrected chi connectivity index (χ4v) is 3.37. The Kier molecular flexibility index (Phi) is 5.85. The summed E-state index contributed by atoms with van der Waals surface area (Å²) in [6, 6.07) is 5.80. The van der Waals surface area contributed by atoms with Crippen LogP contribution in [0.15, 0.2) is 18.2 Å². The first kappa shape index (κ1) is 18.3. The summed E-state index contributed by atoms with van der Waals surface area (Å²) in [6.45, 7) is 6.97. The van der Waals surface area contributed by atoms with Gasteiger partial charge in [-0.05, 0) is 36.9 Å². The summed E-state index contributed by atoms with van der Waals surface area (Å²) in [5.74, 6) is 2.28. The van der Waals surface area contributed by atoms with Crippen molar-refractivity contribution in [2.24, 2.45) is 0 Å². The fraction of sp³-hybridized carbons (Fsp3) is 0.389. The SMILES string of the molecule is CCN(CC)Cc1nnc2sc(/C=C/c3ccc(OC)c(OC)c3)nn12. The summed E-state index contributed by atoms with van der Waals surface area (Å²) in [5.41, 5.74) is 1.01. The molecular weight excluding hydrogens is 350 g/mol. The van der Waals surface area contributed by atoms with E-state index in [9.17, 15) is 0 Å². The number of rotatable bonds is 8. The summed E-state index contributed by atoms with van der Waals surface area (Å²) in [4.78, 5) is 3.09. The maximum absolute atomic E-state index is 5.34. The van der Waals surface area contributed by atoms with Crippen LogP contribution in [0.5, 0.6) is 11.5 Å². The maximum atomic E-state index is 5.34. The second-order valence-corrected chi connectivity index (χ2v) is 6.65. The van der Waals surface area contributed by atoms with E-state index in [1.807, 2.05) is 34.9 Å². The van der Waals surface area contributed by atoms with Gasteiger partial charge in [0.05, 0.1) is 20.8 Å². The van der Waals surface area contributed by atoms with Gasteiger partial charge in [-0.1, -0.05) is 37.3 Å². The zero-order valence-corrected chi connectivity index (χ0v) is 16.3. The molecule has 0 spiro atoms. The lowest BCUT2D eigenvalue weighted by Crippen LogP contribution is -2.23. The molecule has 138 valence electrons. The molecule has 0 N–H and O–H groups in total. The highest BCUT2D eigenvalue weighted by molar-refractivity contribution is 7.17. The van der Waals surface area contributed by atoms with E-state index in [0.717, 1.165) is 41.0 Å². The summed E-state index contributed by atoms with van der Waals surface area (Å²) in [6.07, 6.45) is 3.97. The van der Waals surface area contributed by atoms with Crippen molar-refractivity contribution in [2.45, 2.75) is 20.4 Å². The molecule has 0 saturated carbocycles. The molecule has 0 saturated heterocycles. The van der Waals surface area contributed by atoms with Crippen LogP contribution in [0.4, 0.5) is 0 Å². The number of nitrogens with zero attached hydrogens (tertiary/aromatic N) is 5. The zero-order valence-electron chi connectivity index (χ0n) is 15.5. The Balaban J connectivity index is 1.81. The van der Waals surface area contributed by atoms with Gasteiger partial charge in [0, 0.05) is 0 Å². The number of ether oxygens (including phenoxy) is 2. The van der Waals surface area contributed by atoms with Crippen LogP contribution in [0.25, 0.3) is 17.1 Å². The molecule has 2 aromatic heterocycles. The van der Waals surface area contributed by atoms with Crippen LogP contribution < -0.4 is 9.47 Å². The van der Waals surface area contributed by atoms with Gasteiger partial charge in [0.25, 0.3) is 0 Å². The first-order chi connectivity index (χ1) is 12.7. The van der Waals surface area contributed by atoms with Crippen LogP contribution in [0.2, 0.25) is 0 Å². The molecule has 0 aliphatic heterocycles. The van der Waals surface area contributed by atoms with E-state index in [1.54, 1.807) is 14.2 Å². The van der Waals surface area contributed by atoms with Gasteiger partial charge in [-0.25, -0.2) is 0 Å². The monoisotopic (exact) mass is 373 g/mol. The van der Waals surface area contributed by atoms with Crippen LogP contribution in [-0.2, 0) is 6.54 Å². The van der Waals surface area contributed by atoms with Crippen LogP contribution in [0.1, 0.15) is 30.2 Å². The Morgan fingerprint density at radius 2 is 1.85 bits per heavy atom. The van der Waals surface area contributed by atoms with E-state index in [-0.39, 0.29) is 0 Å². The first-order valence-corrected chi connectivity index (χ1v) is 9.33. The molecule has 3 aromatic rings. The summed E-state index contributed by atoms with van der Waals surface area (Å²) in [5, 5.41) is 14.0. The van der Waals surface area contributed by atoms with Gasteiger partial charge in [0.1, 0.15) is 5.01 Å². The van der Waals surface area contributed by atoms with Gasteiger partial charge in [-0.3, -0.25) is 4.90 Å². The molecule has 0 aliphatic carbocycles. The summed E-state index contributed by atoms with van der Waals surface area (Å²) in [7, 11) is 3.26. The van der Waals surface area contributed by atoms with Crippen molar-refractivity contribution in [2.75, 3.05) is 27.3 Å². The predicted octanol–water partition coefficient (Wildman–Crippen LogP) is 3.22. The Bertz CT molecular complexity index is 898. The van der Waals surface area contributed by atoms with Crippen LogP contribution in [-0.4, -0.2) is 52.0 Å². The van der Waals surface area contributed by atoms with Crippen molar-refractivity contribution >= 4 is 28.4 Å². The van der Waals surface area contributed by atoms with Gasteiger partial charge < -0.3 is 9.47 Å².